The normalized spacial score (nSPS) is 18.1. The van der Waals surface area contributed by atoms with Crippen molar-refractivity contribution in [2.24, 2.45) is 5.92 Å². The molecule has 3 heterocycles. The third-order valence-electron chi connectivity index (χ3n) is 5.30. The number of hydrogen-bond donors (Lipinski definition) is 1. The van der Waals surface area contributed by atoms with E-state index in [2.05, 4.69) is 37.5 Å². The van der Waals surface area contributed by atoms with E-state index in [0.717, 1.165) is 18.7 Å². The maximum absolute atomic E-state index is 13.0. The van der Waals surface area contributed by atoms with E-state index in [-0.39, 0.29) is 11.8 Å². The molecule has 1 aromatic carbocycles. The van der Waals surface area contributed by atoms with Gasteiger partial charge < -0.3 is 14.6 Å². The lowest BCUT2D eigenvalue weighted by molar-refractivity contribution is -0.140. The summed E-state index contributed by atoms with van der Waals surface area (Å²) in [5.41, 5.74) is 2.03. The second-order valence-electron chi connectivity index (χ2n) is 8.00. The minimum Gasteiger partial charge on any atom is -0.366 e. The van der Waals surface area contributed by atoms with E-state index in [1.807, 2.05) is 44.2 Å². The number of pyridine rings is 1. The van der Waals surface area contributed by atoms with Gasteiger partial charge >= 0.3 is 0 Å². The molecule has 0 aliphatic carbocycles. The molecule has 2 unspecified atom stereocenters. The van der Waals surface area contributed by atoms with E-state index in [1.54, 1.807) is 12.4 Å². The Kier molecular flexibility index (Phi) is 6.69. The first-order valence-electron chi connectivity index (χ1n) is 10.5. The van der Waals surface area contributed by atoms with Gasteiger partial charge in [0.2, 0.25) is 11.7 Å². The summed E-state index contributed by atoms with van der Waals surface area (Å²) in [5, 5.41) is 7.12. The fourth-order valence-electron chi connectivity index (χ4n) is 3.59. The van der Waals surface area contributed by atoms with Crippen molar-refractivity contribution in [1.29, 1.82) is 0 Å². The molecule has 8 nitrogen and oxygen atoms in total. The van der Waals surface area contributed by atoms with Crippen LogP contribution in [0.3, 0.4) is 0 Å². The molecule has 1 aliphatic heterocycles. The number of ether oxygens (including phenoxy) is 1. The van der Waals surface area contributed by atoms with Crippen molar-refractivity contribution in [3.8, 4) is 11.4 Å². The summed E-state index contributed by atoms with van der Waals surface area (Å²) < 4.78 is 11.3. The standard InChI is InChI=1S/C23H27N5O3/c1-16(2)20(23-26-21(27-31-23)18-8-10-24-11-9-18)25-22(29)19-15-28(12-13-30-19)14-17-6-4-3-5-7-17/h3-11,16,19-20H,12-15H2,1-2H3,(H,25,29). The van der Waals surface area contributed by atoms with Gasteiger partial charge in [-0.25, -0.2) is 0 Å². The molecule has 3 aromatic rings. The van der Waals surface area contributed by atoms with Crippen molar-refractivity contribution in [2.45, 2.75) is 32.5 Å². The van der Waals surface area contributed by atoms with Gasteiger partial charge in [0, 0.05) is 37.6 Å². The van der Waals surface area contributed by atoms with Crippen LogP contribution in [0.5, 0.6) is 0 Å². The van der Waals surface area contributed by atoms with Crippen molar-refractivity contribution < 1.29 is 14.1 Å². The van der Waals surface area contributed by atoms with Crippen LogP contribution in [0.2, 0.25) is 0 Å². The minimum atomic E-state index is -0.540. The fourth-order valence-corrected chi connectivity index (χ4v) is 3.59. The van der Waals surface area contributed by atoms with Crippen LogP contribution in [0.15, 0.2) is 59.4 Å². The summed E-state index contributed by atoms with van der Waals surface area (Å²) >= 11 is 0. The summed E-state index contributed by atoms with van der Waals surface area (Å²) in [7, 11) is 0. The van der Waals surface area contributed by atoms with Crippen molar-refractivity contribution in [2.75, 3.05) is 19.7 Å². The Labute approximate surface area is 181 Å². The summed E-state index contributed by atoms with van der Waals surface area (Å²) in [6.07, 6.45) is 2.81. The molecule has 1 aliphatic rings. The molecule has 2 atom stereocenters. The van der Waals surface area contributed by atoms with Gasteiger partial charge in [-0.05, 0) is 23.6 Å². The van der Waals surface area contributed by atoms with E-state index >= 15 is 0 Å². The molecule has 1 fully saturated rings. The lowest BCUT2D eigenvalue weighted by Gasteiger charge is -2.33. The molecule has 4 rings (SSSR count). The van der Waals surface area contributed by atoms with E-state index in [1.165, 1.54) is 5.56 Å². The van der Waals surface area contributed by atoms with Crippen LogP contribution in [0.25, 0.3) is 11.4 Å². The van der Waals surface area contributed by atoms with Gasteiger partial charge in [-0.3, -0.25) is 14.7 Å². The maximum atomic E-state index is 13.0. The second-order valence-corrected chi connectivity index (χ2v) is 8.00. The molecule has 0 bridgehead atoms. The van der Waals surface area contributed by atoms with Gasteiger partial charge in [0.15, 0.2) is 0 Å². The number of morpholine rings is 1. The average molecular weight is 422 g/mol. The first-order chi connectivity index (χ1) is 15.1. The molecular weight excluding hydrogens is 394 g/mol. The number of nitrogens with one attached hydrogen (secondary N) is 1. The van der Waals surface area contributed by atoms with E-state index in [4.69, 9.17) is 9.26 Å². The van der Waals surface area contributed by atoms with Gasteiger partial charge in [-0.15, -0.1) is 0 Å². The number of aromatic nitrogens is 3. The largest absolute Gasteiger partial charge is 0.366 e. The molecule has 0 spiro atoms. The number of carbonyl (C=O) groups excluding carboxylic acids is 1. The van der Waals surface area contributed by atoms with E-state index in [9.17, 15) is 4.79 Å². The highest BCUT2D eigenvalue weighted by Gasteiger charge is 2.31. The monoisotopic (exact) mass is 421 g/mol. The molecule has 8 heteroatoms. The Morgan fingerprint density at radius 2 is 1.97 bits per heavy atom. The van der Waals surface area contributed by atoms with Crippen molar-refractivity contribution >= 4 is 5.91 Å². The number of hydrogen-bond acceptors (Lipinski definition) is 7. The summed E-state index contributed by atoms with van der Waals surface area (Å²) in [6.45, 7) is 6.66. The topological polar surface area (TPSA) is 93.4 Å². The van der Waals surface area contributed by atoms with Gasteiger partial charge in [-0.2, -0.15) is 4.98 Å². The predicted octanol–water partition coefficient (Wildman–Crippen LogP) is 2.85. The Bertz CT molecular complexity index is 977. The summed E-state index contributed by atoms with van der Waals surface area (Å²) in [6, 6.07) is 13.5. The smallest absolute Gasteiger partial charge is 0.251 e. The Hall–Kier alpha value is -3.10. The highest BCUT2D eigenvalue weighted by Crippen LogP contribution is 2.24. The number of nitrogens with zero attached hydrogens (tertiary/aromatic N) is 4. The highest BCUT2D eigenvalue weighted by molar-refractivity contribution is 5.81. The summed E-state index contributed by atoms with van der Waals surface area (Å²) in [4.78, 5) is 23.7. The van der Waals surface area contributed by atoms with Crippen LogP contribution in [0.1, 0.15) is 31.3 Å². The predicted molar refractivity (Wildman–Crippen MR) is 115 cm³/mol. The van der Waals surface area contributed by atoms with Crippen LogP contribution in [-0.4, -0.2) is 51.7 Å². The van der Waals surface area contributed by atoms with Gasteiger partial charge in [0.25, 0.3) is 5.91 Å². The Balaban J connectivity index is 1.41. The molecule has 1 N–H and O–H groups in total. The first-order valence-corrected chi connectivity index (χ1v) is 10.5. The van der Waals surface area contributed by atoms with Crippen LogP contribution in [0.4, 0.5) is 0 Å². The van der Waals surface area contributed by atoms with Crippen LogP contribution in [0, 0.1) is 5.92 Å². The number of carbonyl (C=O) groups is 1. The highest BCUT2D eigenvalue weighted by atomic mass is 16.5. The molecular formula is C23H27N5O3. The van der Waals surface area contributed by atoms with Crippen molar-refractivity contribution in [3.05, 3.63) is 66.3 Å². The zero-order valence-electron chi connectivity index (χ0n) is 17.8. The summed E-state index contributed by atoms with van der Waals surface area (Å²) in [5.74, 6) is 0.756. The van der Waals surface area contributed by atoms with Crippen molar-refractivity contribution in [3.63, 3.8) is 0 Å². The van der Waals surface area contributed by atoms with E-state index < -0.39 is 12.1 Å². The second kappa shape index (κ2) is 9.80. The lowest BCUT2D eigenvalue weighted by Crippen LogP contribution is -2.50. The van der Waals surface area contributed by atoms with Crippen LogP contribution in [-0.2, 0) is 16.1 Å². The van der Waals surface area contributed by atoms with Crippen LogP contribution >= 0.6 is 0 Å². The molecule has 1 saturated heterocycles. The van der Waals surface area contributed by atoms with Crippen LogP contribution < -0.4 is 5.32 Å². The minimum absolute atomic E-state index is 0.0682. The first kappa shape index (κ1) is 21.1. The Morgan fingerprint density at radius 1 is 1.19 bits per heavy atom. The molecule has 2 aromatic heterocycles. The molecule has 1 amide bonds. The number of rotatable bonds is 7. The van der Waals surface area contributed by atoms with Gasteiger partial charge in [0.05, 0.1) is 6.61 Å². The van der Waals surface area contributed by atoms with Crippen molar-refractivity contribution in [1.82, 2.24) is 25.3 Å². The Morgan fingerprint density at radius 3 is 2.71 bits per heavy atom. The molecule has 0 radical (unpaired) electrons. The third-order valence-corrected chi connectivity index (χ3v) is 5.30. The van der Waals surface area contributed by atoms with Gasteiger partial charge in [-0.1, -0.05) is 49.3 Å². The number of amides is 1. The zero-order chi connectivity index (χ0) is 21.6. The third kappa shape index (κ3) is 5.34. The molecule has 0 saturated carbocycles. The van der Waals surface area contributed by atoms with Gasteiger partial charge in [0.1, 0.15) is 12.1 Å². The quantitative estimate of drug-likeness (QED) is 0.627. The SMILES string of the molecule is CC(C)C(NC(=O)C1CN(Cc2ccccc2)CCO1)c1nc(-c2ccncc2)no1. The number of benzene rings is 1. The maximum Gasteiger partial charge on any atom is 0.251 e. The lowest BCUT2D eigenvalue weighted by atomic mass is 10.0. The molecule has 31 heavy (non-hydrogen) atoms. The van der Waals surface area contributed by atoms with E-state index in [0.29, 0.717) is 24.9 Å². The fraction of sp³-hybridized carbons (Fsp3) is 0.391. The molecule has 162 valence electrons. The average Bonchev–Trinajstić information content (AvgIpc) is 3.28. The zero-order valence-corrected chi connectivity index (χ0v) is 17.8.